The number of piperidine rings is 1. The van der Waals surface area contributed by atoms with Gasteiger partial charge in [-0.1, -0.05) is 56.3 Å². The second-order valence-corrected chi connectivity index (χ2v) is 12.3. The molecule has 0 bridgehead atoms. The van der Waals surface area contributed by atoms with E-state index in [2.05, 4.69) is 20.3 Å². The summed E-state index contributed by atoms with van der Waals surface area (Å²) in [6, 6.07) is 14.8. The number of carbonyl (C=O) groups is 3. The third-order valence-electron chi connectivity index (χ3n) is 6.72. The third kappa shape index (κ3) is 9.72. The van der Waals surface area contributed by atoms with Gasteiger partial charge >= 0.3 is 0 Å². The van der Waals surface area contributed by atoms with E-state index in [0.29, 0.717) is 6.42 Å². The summed E-state index contributed by atoms with van der Waals surface area (Å²) in [5, 5.41) is 5.42. The molecule has 1 aliphatic rings. The van der Waals surface area contributed by atoms with Gasteiger partial charge in [-0.25, -0.2) is 13.1 Å². The first-order valence-corrected chi connectivity index (χ1v) is 15.1. The van der Waals surface area contributed by atoms with E-state index in [1.165, 1.54) is 6.07 Å². The molecule has 0 aromatic heterocycles. The molecule has 10 nitrogen and oxygen atoms in total. The number of ether oxygens (including phenoxy) is 1. The van der Waals surface area contributed by atoms with E-state index in [1.807, 2.05) is 51.2 Å². The van der Waals surface area contributed by atoms with Crippen molar-refractivity contribution in [1.29, 1.82) is 0 Å². The maximum Gasteiger partial charge on any atom is 0.244 e. The van der Waals surface area contributed by atoms with Crippen LogP contribution in [0.15, 0.2) is 59.5 Å². The predicted octanol–water partition coefficient (Wildman–Crippen LogP) is 2.10. The highest BCUT2D eigenvalue weighted by molar-refractivity contribution is 7.89. The molecular weight excluding hydrogens is 532 g/mol. The first-order chi connectivity index (χ1) is 19.0. The average molecular weight is 573 g/mol. The number of rotatable bonds is 14. The Hall–Kier alpha value is -3.28. The zero-order chi connectivity index (χ0) is 29.1. The average Bonchev–Trinajstić information content (AvgIpc) is 2.94. The highest BCUT2D eigenvalue weighted by atomic mass is 32.2. The molecule has 3 rings (SSSR count). The first-order valence-electron chi connectivity index (χ1n) is 13.6. The normalized spacial score (nSPS) is 15.4. The van der Waals surface area contributed by atoms with Crippen LogP contribution < -0.4 is 20.1 Å². The summed E-state index contributed by atoms with van der Waals surface area (Å²) in [5.41, 5.74) is 0.881. The van der Waals surface area contributed by atoms with Crippen molar-refractivity contribution in [2.24, 2.45) is 11.8 Å². The van der Waals surface area contributed by atoms with Crippen LogP contribution in [0.1, 0.15) is 38.7 Å². The fourth-order valence-corrected chi connectivity index (χ4v) is 5.57. The van der Waals surface area contributed by atoms with Crippen molar-refractivity contribution in [3.05, 3.63) is 60.2 Å². The smallest absolute Gasteiger partial charge is 0.244 e. The summed E-state index contributed by atoms with van der Waals surface area (Å²) in [4.78, 5) is 40.2. The lowest BCUT2D eigenvalue weighted by molar-refractivity contribution is -0.132. The Morgan fingerprint density at radius 2 is 1.62 bits per heavy atom. The lowest BCUT2D eigenvalue weighted by Gasteiger charge is -2.29. The quantitative estimate of drug-likeness (QED) is 0.316. The minimum atomic E-state index is -4.06. The molecule has 3 N–H and O–H groups in total. The van der Waals surface area contributed by atoms with Crippen molar-refractivity contribution in [3.63, 3.8) is 0 Å². The molecule has 1 atom stereocenters. The summed E-state index contributed by atoms with van der Waals surface area (Å²) in [7, 11) is -2.05. The van der Waals surface area contributed by atoms with Gasteiger partial charge in [0.1, 0.15) is 23.3 Å². The summed E-state index contributed by atoms with van der Waals surface area (Å²) < 4.78 is 33.9. The van der Waals surface area contributed by atoms with Gasteiger partial charge in [-0.3, -0.25) is 14.4 Å². The second kappa shape index (κ2) is 14.9. The molecule has 11 heteroatoms. The minimum absolute atomic E-state index is 0.0867. The Kier molecular flexibility index (Phi) is 11.7. The van der Waals surface area contributed by atoms with Gasteiger partial charge in [0.25, 0.3) is 0 Å². The molecule has 0 aliphatic carbocycles. The number of Topliss-reactive ketones (excluding diaryl/α,β-unsaturated/α-hetero) is 1. The maximum atomic E-state index is 12.9. The molecule has 1 saturated heterocycles. The predicted molar refractivity (Wildman–Crippen MR) is 152 cm³/mol. The molecule has 2 aromatic rings. The fraction of sp³-hybridized carbons (Fsp3) is 0.483. The molecule has 1 heterocycles. The Morgan fingerprint density at radius 3 is 2.30 bits per heavy atom. The van der Waals surface area contributed by atoms with E-state index < -0.39 is 34.3 Å². The van der Waals surface area contributed by atoms with Crippen LogP contribution in [0, 0.1) is 11.8 Å². The molecule has 0 radical (unpaired) electrons. The van der Waals surface area contributed by atoms with Crippen molar-refractivity contribution < 1.29 is 27.5 Å². The van der Waals surface area contributed by atoms with E-state index in [1.54, 1.807) is 18.2 Å². The Labute approximate surface area is 236 Å². The Bertz CT molecular complexity index is 1240. The zero-order valence-corrected chi connectivity index (χ0v) is 24.2. The number of para-hydroxylation sites is 1. The number of nitrogens with one attached hydrogen (secondary N) is 3. The monoisotopic (exact) mass is 572 g/mol. The number of benzene rings is 2. The van der Waals surface area contributed by atoms with Crippen LogP contribution in [-0.2, 0) is 31.0 Å². The molecule has 218 valence electrons. The molecule has 2 amide bonds. The molecule has 0 unspecified atom stereocenters. The van der Waals surface area contributed by atoms with Crippen LogP contribution in [0.4, 0.5) is 0 Å². The van der Waals surface area contributed by atoms with Gasteiger partial charge in [-0.2, -0.15) is 0 Å². The van der Waals surface area contributed by atoms with Crippen molar-refractivity contribution >= 4 is 27.6 Å². The van der Waals surface area contributed by atoms with Gasteiger partial charge in [-0.15, -0.1) is 0 Å². The molecule has 0 spiro atoms. The van der Waals surface area contributed by atoms with E-state index in [-0.39, 0.29) is 41.5 Å². The van der Waals surface area contributed by atoms with Crippen molar-refractivity contribution in [2.45, 2.75) is 50.7 Å². The maximum absolute atomic E-state index is 12.9. The molecule has 40 heavy (non-hydrogen) atoms. The summed E-state index contributed by atoms with van der Waals surface area (Å²) >= 11 is 0. The number of hydrogen-bond donors (Lipinski definition) is 3. The summed E-state index contributed by atoms with van der Waals surface area (Å²) in [6.07, 6.45) is 1.89. The summed E-state index contributed by atoms with van der Waals surface area (Å²) in [6.45, 7) is 4.86. The SMILES string of the molecule is CC(C)C[C@H](NC(=O)C1CCN(C)CC1)C(=O)NCC(=O)CNS(=O)(=O)c1ccccc1OCc1ccccc1. The van der Waals surface area contributed by atoms with Gasteiger partial charge in [0.05, 0.1) is 13.1 Å². The highest BCUT2D eigenvalue weighted by Gasteiger charge is 2.28. The number of ketones is 1. The van der Waals surface area contributed by atoms with E-state index >= 15 is 0 Å². The highest BCUT2D eigenvalue weighted by Crippen LogP contribution is 2.24. The number of carbonyl (C=O) groups excluding carboxylic acids is 3. The lowest BCUT2D eigenvalue weighted by Crippen LogP contribution is -2.51. The van der Waals surface area contributed by atoms with Crippen LogP contribution in [0.3, 0.4) is 0 Å². The largest absolute Gasteiger partial charge is 0.487 e. The number of hydrogen-bond acceptors (Lipinski definition) is 7. The van der Waals surface area contributed by atoms with Crippen LogP contribution in [-0.4, -0.2) is 70.2 Å². The number of likely N-dealkylation sites (tertiary alicyclic amines) is 1. The van der Waals surface area contributed by atoms with Crippen LogP contribution in [0.5, 0.6) is 5.75 Å². The van der Waals surface area contributed by atoms with Gasteiger partial charge in [-0.05, 0) is 63.0 Å². The Balaban J connectivity index is 1.52. The minimum Gasteiger partial charge on any atom is -0.487 e. The molecule has 1 aliphatic heterocycles. The molecule has 0 saturated carbocycles. The van der Waals surface area contributed by atoms with Crippen LogP contribution in [0.25, 0.3) is 0 Å². The van der Waals surface area contributed by atoms with Gasteiger partial charge in [0.2, 0.25) is 21.8 Å². The standard InChI is InChI=1S/C29H40N4O6S/c1-21(2)17-25(32-28(35)23-13-15-33(3)16-14-23)29(36)30-18-24(34)19-31-40(37,38)27-12-8-7-11-26(27)39-20-22-9-5-4-6-10-22/h4-12,21,23,25,31H,13-20H2,1-3H3,(H,30,36)(H,32,35)/t25-/m0/s1. The first kappa shape index (κ1) is 31.3. The van der Waals surface area contributed by atoms with Gasteiger partial charge in [0.15, 0.2) is 5.78 Å². The van der Waals surface area contributed by atoms with Crippen molar-refractivity contribution in [2.75, 3.05) is 33.2 Å². The van der Waals surface area contributed by atoms with Gasteiger partial charge < -0.3 is 20.3 Å². The molecule has 1 fully saturated rings. The van der Waals surface area contributed by atoms with Crippen molar-refractivity contribution in [1.82, 2.24) is 20.3 Å². The van der Waals surface area contributed by atoms with E-state index in [9.17, 15) is 22.8 Å². The zero-order valence-electron chi connectivity index (χ0n) is 23.4. The van der Waals surface area contributed by atoms with Gasteiger partial charge in [0, 0.05) is 5.92 Å². The Morgan fingerprint density at radius 1 is 0.975 bits per heavy atom. The number of nitrogens with zero attached hydrogens (tertiary/aromatic N) is 1. The lowest BCUT2D eigenvalue weighted by atomic mass is 9.95. The third-order valence-corrected chi connectivity index (χ3v) is 8.17. The van der Waals surface area contributed by atoms with Crippen LogP contribution >= 0.6 is 0 Å². The molecular formula is C29H40N4O6S. The molecule has 2 aromatic carbocycles. The van der Waals surface area contributed by atoms with E-state index in [4.69, 9.17) is 4.74 Å². The second-order valence-electron chi connectivity index (χ2n) is 10.6. The number of sulfonamides is 1. The van der Waals surface area contributed by atoms with Crippen LogP contribution in [0.2, 0.25) is 0 Å². The summed E-state index contributed by atoms with van der Waals surface area (Å²) in [5.74, 6) is -0.984. The topological polar surface area (TPSA) is 134 Å². The van der Waals surface area contributed by atoms with Crippen molar-refractivity contribution in [3.8, 4) is 5.75 Å². The number of amides is 2. The van der Waals surface area contributed by atoms with E-state index in [0.717, 1.165) is 31.5 Å². The fourth-order valence-electron chi connectivity index (χ4n) is 4.41.